The summed E-state index contributed by atoms with van der Waals surface area (Å²) in [7, 11) is 0. The Kier molecular flexibility index (Phi) is 4.46. The summed E-state index contributed by atoms with van der Waals surface area (Å²) in [6.45, 7) is 8.78. The highest BCUT2D eigenvalue weighted by atomic mass is 16.5. The Bertz CT molecular complexity index is 417. The van der Waals surface area contributed by atoms with E-state index in [-0.39, 0.29) is 5.91 Å². The van der Waals surface area contributed by atoms with Crippen LogP contribution in [-0.2, 0) is 0 Å². The molecular weight excluding hydrogens is 238 g/mol. The van der Waals surface area contributed by atoms with Gasteiger partial charge in [0.2, 0.25) is 0 Å². The van der Waals surface area contributed by atoms with Crippen molar-refractivity contribution in [2.24, 2.45) is 11.8 Å². The highest BCUT2D eigenvalue weighted by molar-refractivity contribution is 5.94. The van der Waals surface area contributed by atoms with Gasteiger partial charge >= 0.3 is 0 Å². The third-order valence-electron chi connectivity index (χ3n) is 3.57. The monoisotopic (exact) mass is 261 g/mol. The molecule has 1 heterocycles. The van der Waals surface area contributed by atoms with Gasteiger partial charge in [-0.1, -0.05) is 13.8 Å². The Labute approximate surface area is 115 Å². The molecule has 3 nitrogen and oxygen atoms in total. The number of amides is 1. The van der Waals surface area contributed by atoms with E-state index in [0.29, 0.717) is 18.4 Å². The van der Waals surface area contributed by atoms with Crippen molar-refractivity contribution < 1.29 is 9.53 Å². The molecule has 3 heteroatoms. The first-order valence-corrected chi connectivity index (χ1v) is 7.12. The van der Waals surface area contributed by atoms with Crippen LogP contribution in [0.5, 0.6) is 5.75 Å². The Balaban J connectivity index is 2.06. The molecule has 1 aliphatic rings. The molecule has 1 aromatic carbocycles. The molecule has 0 unspecified atom stereocenters. The van der Waals surface area contributed by atoms with Gasteiger partial charge < -0.3 is 9.64 Å². The second-order valence-corrected chi connectivity index (χ2v) is 5.61. The van der Waals surface area contributed by atoms with Crippen LogP contribution in [-0.4, -0.2) is 30.5 Å². The maximum Gasteiger partial charge on any atom is 0.253 e. The number of carbonyl (C=O) groups excluding carboxylic acids is 1. The zero-order valence-corrected chi connectivity index (χ0v) is 12.1. The maximum absolute atomic E-state index is 12.4. The van der Waals surface area contributed by atoms with Crippen molar-refractivity contribution in [1.29, 1.82) is 0 Å². The number of likely N-dealkylation sites (tertiary alicyclic amines) is 1. The fourth-order valence-electron chi connectivity index (χ4n) is 2.87. The van der Waals surface area contributed by atoms with E-state index in [1.807, 2.05) is 36.1 Å². The van der Waals surface area contributed by atoms with E-state index >= 15 is 0 Å². The van der Waals surface area contributed by atoms with E-state index in [4.69, 9.17) is 4.74 Å². The van der Waals surface area contributed by atoms with Crippen LogP contribution in [0.15, 0.2) is 24.3 Å². The van der Waals surface area contributed by atoms with Gasteiger partial charge in [0.1, 0.15) is 5.75 Å². The number of piperidine rings is 1. The molecule has 2 atom stereocenters. The molecule has 0 N–H and O–H groups in total. The van der Waals surface area contributed by atoms with Gasteiger partial charge in [-0.05, 0) is 49.4 Å². The molecule has 0 bridgehead atoms. The number of carbonyl (C=O) groups is 1. The van der Waals surface area contributed by atoms with E-state index in [0.717, 1.165) is 24.4 Å². The minimum Gasteiger partial charge on any atom is -0.494 e. The fraction of sp³-hybridized carbons (Fsp3) is 0.562. The summed E-state index contributed by atoms with van der Waals surface area (Å²) in [5, 5.41) is 0. The zero-order chi connectivity index (χ0) is 13.8. The Hall–Kier alpha value is -1.51. The van der Waals surface area contributed by atoms with E-state index in [1.165, 1.54) is 6.42 Å². The molecule has 0 saturated carbocycles. The minimum absolute atomic E-state index is 0.140. The molecule has 19 heavy (non-hydrogen) atoms. The van der Waals surface area contributed by atoms with Gasteiger partial charge in [0, 0.05) is 18.7 Å². The predicted octanol–water partition coefficient (Wildman–Crippen LogP) is 3.20. The summed E-state index contributed by atoms with van der Waals surface area (Å²) in [6.07, 6.45) is 1.22. The average Bonchev–Trinajstić information content (AvgIpc) is 2.38. The number of rotatable bonds is 3. The lowest BCUT2D eigenvalue weighted by atomic mass is 9.91. The Morgan fingerprint density at radius 3 is 2.32 bits per heavy atom. The van der Waals surface area contributed by atoms with Crippen LogP contribution in [0.3, 0.4) is 0 Å². The van der Waals surface area contributed by atoms with Gasteiger partial charge in [-0.3, -0.25) is 4.79 Å². The molecular formula is C16H23NO2. The van der Waals surface area contributed by atoms with Crippen molar-refractivity contribution in [2.75, 3.05) is 19.7 Å². The SMILES string of the molecule is CCOc1ccc(C(=O)N2C[C@@H](C)C[C@H](C)C2)cc1. The van der Waals surface area contributed by atoms with Crippen LogP contribution in [0, 0.1) is 11.8 Å². The summed E-state index contributed by atoms with van der Waals surface area (Å²) in [5.41, 5.74) is 0.754. The number of benzene rings is 1. The number of nitrogens with zero attached hydrogens (tertiary/aromatic N) is 1. The van der Waals surface area contributed by atoms with Crippen LogP contribution in [0.1, 0.15) is 37.6 Å². The van der Waals surface area contributed by atoms with E-state index in [1.54, 1.807) is 0 Å². The second kappa shape index (κ2) is 6.09. The van der Waals surface area contributed by atoms with Crippen molar-refractivity contribution in [3.05, 3.63) is 29.8 Å². The van der Waals surface area contributed by atoms with Gasteiger partial charge in [0.25, 0.3) is 5.91 Å². The highest BCUT2D eigenvalue weighted by Gasteiger charge is 2.25. The standard InChI is InChI=1S/C16H23NO2/c1-4-19-15-7-5-14(6-8-15)16(18)17-10-12(2)9-13(3)11-17/h5-8,12-13H,4,9-11H2,1-3H3/t12-,13-/m0/s1. The van der Waals surface area contributed by atoms with Gasteiger partial charge in [-0.2, -0.15) is 0 Å². The molecule has 1 saturated heterocycles. The minimum atomic E-state index is 0.140. The number of hydrogen-bond acceptors (Lipinski definition) is 2. The summed E-state index contributed by atoms with van der Waals surface area (Å²) < 4.78 is 5.40. The topological polar surface area (TPSA) is 29.5 Å². The van der Waals surface area contributed by atoms with Crippen LogP contribution >= 0.6 is 0 Å². The first kappa shape index (κ1) is 13.9. The van der Waals surface area contributed by atoms with Crippen molar-refractivity contribution in [3.63, 3.8) is 0 Å². The number of hydrogen-bond donors (Lipinski definition) is 0. The number of ether oxygens (including phenoxy) is 1. The lowest BCUT2D eigenvalue weighted by Crippen LogP contribution is -2.42. The normalized spacial score (nSPS) is 23.2. The lowest BCUT2D eigenvalue weighted by Gasteiger charge is -2.35. The first-order chi connectivity index (χ1) is 9.10. The molecule has 0 spiro atoms. The van der Waals surface area contributed by atoms with Crippen molar-refractivity contribution in [1.82, 2.24) is 4.90 Å². The largest absolute Gasteiger partial charge is 0.494 e. The Morgan fingerprint density at radius 2 is 1.79 bits per heavy atom. The Morgan fingerprint density at radius 1 is 1.21 bits per heavy atom. The van der Waals surface area contributed by atoms with Crippen molar-refractivity contribution in [3.8, 4) is 5.75 Å². The first-order valence-electron chi connectivity index (χ1n) is 7.12. The predicted molar refractivity (Wildman–Crippen MR) is 76.5 cm³/mol. The van der Waals surface area contributed by atoms with Crippen molar-refractivity contribution in [2.45, 2.75) is 27.2 Å². The maximum atomic E-state index is 12.4. The molecule has 0 radical (unpaired) electrons. The third-order valence-corrected chi connectivity index (χ3v) is 3.57. The van der Waals surface area contributed by atoms with Gasteiger partial charge in [-0.15, -0.1) is 0 Å². The summed E-state index contributed by atoms with van der Waals surface area (Å²) >= 11 is 0. The van der Waals surface area contributed by atoms with Crippen molar-refractivity contribution >= 4 is 5.91 Å². The molecule has 1 aromatic rings. The van der Waals surface area contributed by atoms with Crippen LogP contribution in [0.2, 0.25) is 0 Å². The summed E-state index contributed by atoms with van der Waals surface area (Å²) in [4.78, 5) is 14.4. The fourth-order valence-corrected chi connectivity index (χ4v) is 2.87. The molecule has 0 aromatic heterocycles. The lowest BCUT2D eigenvalue weighted by molar-refractivity contribution is 0.0623. The smallest absolute Gasteiger partial charge is 0.253 e. The van der Waals surface area contributed by atoms with Gasteiger partial charge in [-0.25, -0.2) is 0 Å². The van der Waals surface area contributed by atoms with E-state index < -0.39 is 0 Å². The average molecular weight is 261 g/mol. The van der Waals surface area contributed by atoms with E-state index in [9.17, 15) is 4.79 Å². The molecule has 0 aliphatic carbocycles. The quantitative estimate of drug-likeness (QED) is 0.836. The van der Waals surface area contributed by atoms with Gasteiger partial charge in [0.15, 0.2) is 0 Å². The summed E-state index contributed by atoms with van der Waals surface area (Å²) in [5.74, 6) is 2.15. The van der Waals surface area contributed by atoms with E-state index in [2.05, 4.69) is 13.8 Å². The second-order valence-electron chi connectivity index (χ2n) is 5.61. The van der Waals surface area contributed by atoms with Crippen LogP contribution in [0.4, 0.5) is 0 Å². The van der Waals surface area contributed by atoms with Gasteiger partial charge in [0.05, 0.1) is 6.61 Å². The molecule has 1 aliphatic heterocycles. The summed E-state index contributed by atoms with van der Waals surface area (Å²) in [6, 6.07) is 7.45. The zero-order valence-electron chi connectivity index (χ0n) is 12.1. The highest BCUT2D eigenvalue weighted by Crippen LogP contribution is 2.23. The van der Waals surface area contributed by atoms with Crippen LogP contribution < -0.4 is 4.74 Å². The molecule has 1 fully saturated rings. The molecule has 104 valence electrons. The third kappa shape index (κ3) is 3.49. The molecule has 2 rings (SSSR count). The molecule has 1 amide bonds. The van der Waals surface area contributed by atoms with Crippen LogP contribution in [0.25, 0.3) is 0 Å².